The molecule has 0 aliphatic rings. The molecule has 0 bridgehead atoms. The van der Waals surface area contributed by atoms with E-state index in [0.717, 1.165) is 10.2 Å². The van der Waals surface area contributed by atoms with Gasteiger partial charge >= 0.3 is 0 Å². The van der Waals surface area contributed by atoms with E-state index in [4.69, 9.17) is 16.7 Å². The molecule has 0 fully saturated rings. The van der Waals surface area contributed by atoms with E-state index in [2.05, 4.69) is 21.2 Å². The van der Waals surface area contributed by atoms with Crippen LogP contribution in [-0.4, -0.2) is 24.4 Å². The lowest BCUT2D eigenvalue weighted by molar-refractivity contribution is 0.151. The summed E-state index contributed by atoms with van der Waals surface area (Å²) in [5.41, 5.74) is 0.755. The molecular formula is C9H10BrClFNO. The number of aliphatic hydroxyl groups excluding tert-OH is 1. The molecule has 0 spiro atoms. The highest BCUT2D eigenvalue weighted by molar-refractivity contribution is 9.10. The van der Waals surface area contributed by atoms with E-state index in [1.807, 2.05) is 0 Å². The second kappa shape index (κ2) is 5.53. The van der Waals surface area contributed by atoms with Crippen LogP contribution in [0.4, 0.5) is 10.1 Å². The van der Waals surface area contributed by atoms with Crippen molar-refractivity contribution in [2.45, 2.75) is 6.10 Å². The Morgan fingerprint density at radius 2 is 2.29 bits per heavy atom. The number of benzene rings is 1. The highest BCUT2D eigenvalue weighted by Gasteiger charge is 2.03. The fraction of sp³-hybridized carbons (Fsp3) is 0.333. The van der Waals surface area contributed by atoms with Crippen LogP contribution in [-0.2, 0) is 0 Å². The first-order valence-corrected chi connectivity index (χ1v) is 5.23. The van der Waals surface area contributed by atoms with Crippen molar-refractivity contribution in [2.24, 2.45) is 0 Å². The maximum Gasteiger partial charge on any atom is 0.117 e. The zero-order chi connectivity index (χ0) is 10.6. The van der Waals surface area contributed by atoms with Gasteiger partial charge < -0.3 is 10.4 Å². The van der Waals surface area contributed by atoms with Gasteiger partial charge in [-0.25, -0.2) is 4.39 Å². The summed E-state index contributed by atoms with van der Waals surface area (Å²) in [6.07, 6.45) is -0.975. The number of hydrogen-bond donors (Lipinski definition) is 2. The molecule has 1 aromatic carbocycles. The lowest BCUT2D eigenvalue weighted by Crippen LogP contribution is -2.21. The molecule has 2 nitrogen and oxygen atoms in total. The lowest BCUT2D eigenvalue weighted by Gasteiger charge is -2.09. The van der Waals surface area contributed by atoms with Crippen molar-refractivity contribution in [2.75, 3.05) is 18.5 Å². The minimum Gasteiger partial charge on any atom is -0.389 e. The van der Waals surface area contributed by atoms with Crippen molar-refractivity contribution in [3.05, 3.63) is 27.7 Å². The summed E-state index contributed by atoms with van der Waals surface area (Å²) in [5.74, 6) is 0. The molecular weight excluding hydrogens is 272 g/mol. The Kier molecular flexibility index (Phi) is 4.65. The third-order valence-electron chi connectivity index (χ3n) is 1.64. The third-order valence-corrected chi connectivity index (χ3v) is 2.87. The van der Waals surface area contributed by atoms with Crippen LogP contribution >= 0.6 is 27.5 Å². The van der Waals surface area contributed by atoms with Gasteiger partial charge in [-0.05, 0) is 34.1 Å². The van der Waals surface area contributed by atoms with Gasteiger partial charge in [-0.1, -0.05) is 11.6 Å². The number of alkyl halides is 1. The summed E-state index contributed by atoms with van der Waals surface area (Å²) in [4.78, 5) is 0. The third kappa shape index (κ3) is 3.44. The molecule has 0 amide bonds. The predicted octanol–water partition coefficient (Wildman–Crippen LogP) is 2.84. The number of halogens is 3. The number of hydrogen-bond acceptors (Lipinski definition) is 2. The van der Waals surface area contributed by atoms with Crippen molar-refractivity contribution in [1.82, 2.24) is 0 Å². The second-order valence-corrected chi connectivity index (χ2v) is 4.08. The summed E-state index contributed by atoms with van der Waals surface area (Å²) < 4.78 is 12.7. The summed E-state index contributed by atoms with van der Waals surface area (Å²) in [5, 5.41) is 12.4. The van der Waals surface area contributed by atoms with E-state index >= 15 is 0 Å². The number of nitrogens with one attached hydrogen (secondary N) is 1. The Balaban J connectivity index is 2.55. The largest absolute Gasteiger partial charge is 0.389 e. The van der Waals surface area contributed by atoms with Gasteiger partial charge in [0, 0.05) is 16.7 Å². The van der Waals surface area contributed by atoms with Gasteiger partial charge in [0.15, 0.2) is 0 Å². The Hall–Kier alpha value is -0.320. The van der Waals surface area contributed by atoms with Gasteiger partial charge in [0.05, 0.1) is 11.1 Å². The summed E-state index contributed by atoms with van der Waals surface area (Å²) in [7, 11) is 0. The van der Waals surface area contributed by atoms with Gasteiger partial charge in [0.1, 0.15) is 6.67 Å². The molecule has 0 aliphatic carbocycles. The molecule has 0 heterocycles. The highest BCUT2D eigenvalue weighted by Crippen LogP contribution is 2.25. The Labute approximate surface area is 95.2 Å². The standard InChI is InChI=1S/C9H10BrClFNO/c10-8-2-1-6(3-9(8)11)13-5-7(14)4-12/h1-3,7,13-14H,4-5H2. The maximum absolute atomic E-state index is 11.9. The Morgan fingerprint density at radius 1 is 1.57 bits per heavy atom. The number of rotatable bonds is 4. The van der Waals surface area contributed by atoms with Crippen molar-refractivity contribution in [3.63, 3.8) is 0 Å². The number of aliphatic hydroxyl groups is 1. The Morgan fingerprint density at radius 3 is 2.86 bits per heavy atom. The van der Waals surface area contributed by atoms with Gasteiger partial charge in [-0.2, -0.15) is 0 Å². The minimum atomic E-state index is -0.975. The predicted molar refractivity (Wildman–Crippen MR) is 59.6 cm³/mol. The van der Waals surface area contributed by atoms with Gasteiger partial charge in [0.25, 0.3) is 0 Å². The second-order valence-electron chi connectivity index (χ2n) is 2.82. The zero-order valence-corrected chi connectivity index (χ0v) is 9.65. The van der Waals surface area contributed by atoms with Gasteiger partial charge in [-0.3, -0.25) is 0 Å². The average Bonchev–Trinajstić information content (AvgIpc) is 2.19. The molecule has 0 saturated carbocycles. The van der Waals surface area contributed by atoms with E-state index in [9.17, 15) is 4.39 Å². The number of anilines is 1. The molecule has 0 saturated heterocycles. The molecule has 1 rings (SSSR count). The fourth-order valence-corrected chi connectivity index (χ4v) is 1.32. The molecule has 0 radical (unpaired) electrons. The zero-order valence-electron chi connectivity index (χ0n) is 7.30. The van der Waals surface area contributed by atoms with Crippen molar-refractivity contribution in [3.8, 4) is 0 Å². The maximum atomic E-state index is 11.9. The molecule has 0 aromatic heterocycles. The van der Waals surface area contributed by atoms with Crippen LogP contribution in [0.5, 0.6) is 0 Å². The van der Waals surface area contributed by atoms with Crippen LogP contribution < -0.4 is 5.32 Å². The quantitative estimate of drug-likeness (QED) is 0.890. The first-order chi connectivity index (χ1) is 6.63. The van der Waals surface area contributed by atoms with Crippen molar-refractivity contribution >= 4 is 33.2 Å². The van der Waals surface area contributed by atoms with Crippen LogP contribution in [0.3, 0.4) is 0 Å². The summed E-state index contributed by atoms with van der Waals surface area (Å²) in [6.45, 7) is -0.578. The van der Waals surface area contributed by atoms with Crippen LogP contribution in [0.25, 0.3) is 0 Å². The minimum absolute atomic E-state index is 0.175. The van der Waals surface area contributed by atoms with Crippen LogP contribution in [0.1, 0.15) is 0 Å². The molecule has 1 aromatic rings. The van der Waals surface area contributed by atoms with E-state index in [-0.39, 0.29) is 6.54 Å². The van der Waals surface area contributed by atoms with Crippen LogP contribution in [0.15, 0.2) is 22.7 Å². The average molecular weight is 283 g/mol. The van der Waals surface area contributed by atoms with Crippen LogP contribution in [0, 0.1) is 0 Å². The molecule has 1 atom stereocenters. The molecule has 5 heteroatoms. The monoisotopic (exact) mass is 281 g/mol. The summed E-state index contributed by atoms with van der Waals surface area (Å²) in [6, 6.07) is 5.28. The van der Waals surface area contributed by atoms with Crippen molar-refractivity contribution in [1.29, 1.82) is 0 Å². The fourth-order valence-electron chi connectivity index (χ4n) is 0.896. The lowest BCUT2D eigenvalue weighted by atomic mass is 10.3. The highest BCUT2D eigenvalue weighted by atomic mass is 79.9. The van der Waals surface area contributed by atoms with E-state index in [1.165, 1.54) is 0 Å². The first kappa shape index (κ1) is 11.8. The smallest absolute Gasteiger partial charge is 0.117 e. The normalized spacial score (nSPS) is 12.6. The Bertz CT molecular complexity index is 311. The molecule has 1 unspecified atom stereocenters. The molecule has 14 heavy (non-hydrogen) atoms. The summed E-state index contributed by atoms with van der Waals surface area (Å²) >= 11 is 9.09. The van der Waals surface area contributed by atoms with Crippen LogP contribution in [0.2, 0.25) is 5.02 Å². The van der Waals surface area contributed by atoms with E-state index in [0.29, 0.717) is 5.02 Å². The molecule has 78 valence electrons. The van der Waals surface area contributed by atoms with E-state index in [1.54, 1.807) is 18.2 Å². The van der Waals surface area contributed by atoms with Gasteiger partial charge in [-0.15, -0.1) is 0 Å². The van der Waals surface area contributed by atoms with Gasteiger partial charge in [0.2, 0.25) is 0 Å². The van der Waals surface area contributed by atoms with E-state index < -0.39 is 12.8 Å². The topological polar surface area (TPSA) is 32.3 Å². The molecule has 0 aliphatic heterocycles. The first-order valence-electron chi connectivity index (χ1n) is 4.06. The van der Waals surface area contributed by atoms with Crippen molar-refractivity contribution < 1.29 is 9.50 Å². The molecule has 2 N–H and O–H groups in total. The SMILES string of the molecule is OC(CF)CNc1ccc(Br)c(Cl)c1.